The molecule has 1 aliphatic heterocycles. The lowest BCUT2D eigenvalue weighted by Gasteiger charge is -2.34. The third-order valence-corrected chi connectivity index (χ3v) is 6.43. The fourth-order valence-corrected chi connectivity index (χ4v) is 4.31. The van der Waals surface area contributed by atoms with Gasteiger partial charge in [-0.05, 0) is 43.0 Å². The summed E-state index contributed by atoms with van der Waals surface area (Å²) in [7, 11) is 1.33. The van der Waals surface area contributed by atoms with Crippen LogP contribution in [-0.4, -0.2) is 64.9 Å². The molecule has 0 bridgehead atoms. The van der Waals surface area contributed by atoms with Gasteiger partial charge in [-0.1, -0.05) is 0 Å². The number of alkyl halides is 3. The van der Waals surface area contributed by atoms with Gasteiger partial charge < -0.3 is 24.7 Å². The number of fused-ring (bicyclic) bond motifs is 1. The van der Waals surface area contributed by atoms with E-state index in [4.69, 9.17) is 14.9 Å². The smallest absolute Gasteiger partial charge is 0.433 e. The first-order chi connectivity index (χ1) is 17.2. The Morgan fingerprint density at radius 1 is 1.19 bits per heavy atom. The van der Waals surface area contributed by atoms with Gasteiger partial charge in [0.2, 0.25) is 11.8 Å². The lowest BCUT2D eigenvalue weighted by Crippen LogP contribution is -2.52. The first-order valence-corrected chi connectivity index (χ1v) is 11.5. The average molecular weight is 503 g/mol. The predicted octanol–water partition coefficient (Wildman–Crippen LogP) is 3.07. The molecule has 9 nitrogen and oxygen atoms in total. The number of amides is 2. The highest BCUT2D eigenvalue weighted by Gasteiger charge is 2.35. The van der Waals surface area contributed by atoms with Crippen LogP contribution in [0.5, 0.6) is 5.75 Å². The van der Waals surface area contributed by atoms with Gasteiger partial charge in [-0.2, -0.15) is 13.2 Å². The summed E-state index contributed by atoms with van der Waals surface area (Å²) in [5, 5.41) is 0.301. The Kier molecular flexibility index (Phi) is 6.07. The highest BCUT2D eigenvalue weighted by Crippen LogP contribution is 2.37. The van der Waals surface area contributed by atoms with Crippen LogP contribution in [-0.2, 0) is 17.5 Å². The van der Waals surface area contributed by atoms with Gasteiger partial charge in [0, 0.05) is 30.6 Å². The standard InChI is InChI=1S/C24H24F3N5O4/c1-35-16-6-4-15(14-5-7-18(24(25,26)27)29-20(14)16)22-30-21(17(10-28)36-22)23(34)32-9-8-31(19(33)12-32)11-13-2-3-13/h4-7,13H,2-3,8-12,28H2,1H3. The fraction of sp³-hybridized carbons (Fsp3) is 0.417. The number of nitrogens with zero attached hydrogens (tertiary/aromatic N) is 4. The molecule has 1 saturated heterocycles. The van der Waals surface area contributed by atoms with Gasteiger partial charge in [0.25, 0.3) is 5.91 Å². The molecule has 1 saturated carbocycles. The number of hydrogen-bond acceptors (Lipinski definition) is 7. The number of methoxy groups -OCH3 is 1. The number of ether oxygens (including phenoxy) is 1. The highest BCUT2D eigenvalue weighted by molar-refractivity contribution is 5.99. The number of benzene rings is 1. The van der Waals surface area contributed by atoms with Gasteiger partial charge in [0.05, 0.1) is 13.7 Å². The number of aromatic nitrogens is 2. The van der Waals surface area contributed by atoms with Crippen molar-refractivity contribution < 1.29 is 31.9 Å². The van der Waals surface area contributed by atoms with Crippen LogP contribution in [0.4, 0.5) is 13.2 Å². The van der Waals surface area contributed by atoms with Crippen molar-refractivity contribution in [3.63, 3.8) is 0 Å². The Morgan fingerprint density at radius 2 is 1.97 bits per heavy atom. The molecular formula is C24H24F3N5O4. The van der Waals surface area contributed by atoms with Gasteiger partial charge in [0.15, 0.2) is 11.5 Å². The molecule has 36 heavy (non-hydrogen) atoms. The Bertz CT molecular complexity index is 1340. The van der Waals surface area contributed by atoms with E-state index in [1.165, 1.54) is 24.1 Å². The van der Waals surface area contributed by atoms with Gasteiger partial charge in [-0.3, -0.25) is 9.59 Å². The van der Waals surface area contributed by atoms with Gasteiger partial charge in [0.1, 0.15) is 23.5 Å². The third kappa shape index (κ3) is 4.48. The maximum Gasteiger partial charge on any atom is 0.433 e. The molecule has 2 fully saturated rings. The van der Waals surface area contributed by atoms with E-state index in [0.29, 0.717) is 30.0 Å². The van der Waals surface area contributed by atoms with Crippen molar-refractivity contribution in [1.29, 1.82) is 0 Å². The van der Waals surface area contributed by atoms with E-state index >= 15 is 0 Å². The first-order valence-electron chi connectivity index (χ1n) is 11.5. The second-order valence-electron chi connectivity index (χ2n) is 8.91. The largest absolute Gasteiger partial charge is 0.494 e. The zero-order valence-corrected chi connectivity index (χ0v) is 19.5. The molecule has 3 aromatic rings. The zero-order chi connectivity index (χ0) is 25.6. The Labute approximate surface area is 204 Å². The van der Waals surface area contributed by atoms with Crippen LogP contribution in [0, 0.1) is 5.92 Å². The molecule has 5 rings (SSSR count). The minimum absolute atomic E-state index is 0.00621. The van der Waals surface area contributed by atoms with Crippen LogP contribution >= 0.6 is 0 Å². The number of carbonyl (C=O) groups is 2. The molecule has 1 aromatic carbocycles. The Morgan fingerprint density at radius 3 is 2.61 bits per heavy atom. The number of piperazine rings is 1. The van der Waals surface area contributed by atoms with Crippen LogP contribution in [0.1, 0.15) is 34.8 Å². The molecule has 1 aliphatic carbocycles. The summed E-state index contributed by atoms with van der Waals surface area (Å²) < 4.78 is 50.7. The topological polar surface area (TPSA) is 115 Å². The average Bonchev–Trinajstić information content (AvgIpc) is 3.58. The van der Waals surface area contributed by atoms with E-state index in [2.05, 4.69) is 9.97 Å². The summed E-state index contributed by atoms with van der Waals surface area (Å²) in [6.45, 7) is 1.33. The minimum atomic E-state index is -4.63. The maximum absolute atomic E-state index is 13.2. The van der Waals surface area contributed by atoms with Gasteiger partial charge >= 0.3 is 6.18 Å². The second-order valence-corrected chi connectivity index (χ2v) is 8.91. The molecule has 0 atom stereocenters. The van der Waals surface area contributed by atoms with Crippen molar-refractivity contribution >= 4 is 22.7 Å². The molecule has 190 valence electrons. The summed E-state index contributed by atoms with van der Waals surface area (Å²) in [4.78, 5) is 37.1. The van der Waals surface area contributed by atoms with Crippen molar-refractivity contribution in [3.05, 3.63) is 41.4 Å². The number of rotatable bonds is 6. The normalized spacial score (nSPS) is 16.6. The summed E-state index contributed by atoms with van der Waals surface area (Å²) in [6.07, 6.45) is -2.38. The molecular weight excluding hydrogens is 479 g/mol. The molecule has 0 spiro atoms. The van der Waals surface area contributed by atoms with Crippen LogP contribution < -0.4 is 10.5 Å². The van der Waals surface area contributed by atoms with E-state index in [0.717, 1.165) is 25.5 Å². The van der Waals surface area contributed by atoms with Crippen LogP contribution in [0.15, 0.2) is 28.7 Å². The highest BCUT2D eigenvalue weighted by atomic mass is 19.4. The van der Waals surface area contributed by atoms with E-state index in [-0.39, 0.29) is 47.6 Å². The molecule has 0 radical (unpaired) electrons. The lowest BCUT2D eigenvalue weighted by atomic mass is 10.1. The number of halogens is 3. The van der Waals surface area contributed by atoms with E-state index < -0.39 is 17.8 Å². The van der Waals surface area contributed by atoms with Crippen molar-refractivity contribution in [2.45, 2.75) is 25.6 Å². The molecule has 0 unspecified atom stereocenters. The fourth-order valence-electron chi connectivity index (χ4n) is 4.31. The van der Waals surface area contributed by atoms with Crippen molar-refractivity contribution in [1.82, 2.24) is 19.8 Å². The number of oxazole rings is 1. The molecule has 2 amide bonds. The quantitative estimate of drug-likeness (QED) is 0.550. The monoisotopic (exact) mass is 503 g/mol. The maximum atomic E-state index is 13.2. The first kappa shape index (κ1) is 24.0. The Hall–Kier alpha value is -3.67. The summed E-state index contributed by atoms with van der Waals surface area (Å²) in [5.41, 5.74) is 5.01. The lowest BCUT2D eigenvalue weighted by molar-refractivity contribution is -0.141. The van der Waals surface area contributed by atoms with Gasteiger partial charge in [-0.25, -0.2) is 9.97 Å². The molecule has 2 N–H and O–H groups in total. The predicted molar refractivity (Wildman–Crippen MR) is 122 cm³/mol. The third-order valence-electron chi connectivity index (χ3n) is 6.43. The molecule has 12 heteroatoms. The van der Waals surface area contributed by atoms with E-state index in [1.54, 1.807) is 11.0 Å². The molecule has 2 aliphatic rings. The number of nitrogens with two attached hydrogens (primary N) is 1. The minimum Gasteiger partial charge on any atom is -0.494 e. The Balaban J connectivity index is 1.47. The summed E-state index contributed by atoms with van der Waals surface area (Å²) in [6, 6.07) is 5.14. The molecule has 3 heterocycles. The summed E-state index contributed by atoms with van der Waals surface area (Å²) >= 11 is 0. The SMILES string of the molecule is COc1ccc(-c2nc(C(=O)N3CCN(CC4CC4)C(=O)C3)c(CN)o2)c2ccc(C(F)(F)F)nc12. The molecule has 2 aromatic heterocycles. The second kappa shape index (κ2) is 9.08. The van der Waals surface area contributed by atoms with Crippen LogP contribution in [0.2, 0.25) is 0 Å². The van der Waals surface area contributed by atoms with Crippen molar-refractivity contribution in [3.8, 4) is 17.2 Å². The van der Waals surface area contributed by atoms with E-state index in [1.807, 2.05) is 0 Å². The zero-order valence-electron chi connectivity index (χ0n) is 19.5. The number of pyridine rings is 1. The summed E-state index contributed by atoms with van der Waals surface area (Å²) in [5.74, 6) is 0.217. The van der Waals surface area contributed by atoms with Crippen molar-refractivity contribution in [2.75, 3.05) is 33.3 Å². The number of hydrogen-bond donors (Lipinski definition) is 1. The van der Waals surface area contributed by atoms with E-state index in [9.17, 15) is 22.8 Å². The van der Waals surface area contributed by atoms with Crippen LogP contribution in [0.3, 0.4) is 0 Å². The van der Waals surface area contributed by atoms with Crippen molar-refractivity contribution in [2.24, 2.45) is 11.7 Å². The number of carbonyl (C=O) groups excluding carboxylic acids is 2. The van der Waals surface area contributed by atoms with Crippen LogP contribution in [0.25, 0.3) is 22.4 Å². The van der Waals surface area contributed by atoms with Gasteiger partial charge in [-0.15, -0.1) is 0 Å².